The smallest absolute Gasteiger partial charge is 0.224 e. The third kappa shape index (κ3) is 6.02. The SMILES string of the molecule is COS(C)(C)CCCNC(=O)Cc1ccncc1. The molecule has 1 rings (SSSR count). The van der Waals surface area contributed by atoms with Crippen molar-refractivity contribution in [2.24, 2.45) is 0 Å². The zero-order chi connectivity index (χ0) is 13.4. The highest BCUT2D eigenvalue weighted by Gasteiger charge is 2.09. The van der Waals surface area contributed by atoms with Crippen molar-refractivity contribution in [1.29, 1.82) is 0 Å². The molecule has 4 nitrogen and oxygen atoms in total. The van der Waals surface area contributed by atoms with Gasteiger partial charge in [-0.15, -0.1) is 10.3 Å². The van der Waals surface area contributed by atoms with Crippen LogP contribution in [0, 0.1) is 0 Å². The van der Waals surface area contributed by atoms with Gasteiger partial charge in [-0.05, 0) is 36.6 Å². The van der Waals surface area contributed by atoms with E-state index in [0.29, 0.717) is 13.0 Å². The second-order valence-electron chi connectivity index (χ2n) is 4.54. The van der Waals surface area contributed by atoms with Crippen molar-refractivity contribution in [2.45, 2.75) is 12.8 Å². The lowest BCUT2D eigenvalue weighted by Gasteiger charge is -2.28. The van der Waals surface area contributed by atoms with Crippen molar-refractivity contribution < 1.29 is 8.98 Å². The minimum Gasteiger partial charge on any atom is -0.356 e. The Hall–Kier alpha value is -1.07. The molecular weight excluding hydrogens is 248 g/mol. The van der Waals surface area contributed by atoms with Crippen molar-refractivity contribution in [3.8, 4) is 0 Å². The molecule has 0 saturated carbocycles. The maximum Gasteiger partial charge on any atom is 0.224 e. The number of carbonyl (C=O) groups excluding carboxylic acids is 1. The number of nitrogens with one attached hydrogen (secondary N) is 1. The Morgan fingerprint density at radius 1 is 1.39 bits per heavy atom. The number of amides is 1. The maximum atomic E-state index is 11.7. The number of pyridine rings is 1. The molecule has 1 amide bonds. The lowest BCUT2D eigenvalue weighted by Crippen LogP contribution is -2.27. The van der Waals surface area contributed by atoms with Crippen molar-refractivity contribution >= 4 is 16.2 Å². The van der Waals surface area contributed by atoms with Crippen LogP contribution in [0.25, 0.3) is 0 Å². The van der Waals surface area contributed by atoms with Crippen molar-refractivity contribution in [1.82, 2.24) is 10.3 Å². The summed E-state index contributed by atoms with van der Waals surface area (Å²) in [5.41, 5.74) is 0.991. The maximum absolute atomic E-state index is 11.7. The van der Waals surface area contributed by atoms with Gasteiger partial charge in [-0.3, -0.25) is 9.78 Å². The Balaban J connectivity index is 2.18. The minimum absolute atomic E-state index is 0.0615. The van der Waals surface area contributed by atoms with Crippen LogP contribution < -0.4 is 5.32 Å². The van der Waals surface area contributed by atoms with Crippen LogP contribution in [-0.2, 0) is 15.4 Å². The summed E-state index contributed by atoms with van der Waals surface area (Å²) < 4.78 is 5.40. The number of hydrogen-bond acceptors (Lipinski definition) is 3. The second kappa shape index (κ2) is 7.38. The average Bonchev–Trinajstić information content (AvgIpc) is 2.36. The van der Waals surface area contributed by atoms with Gasteiger partial charge in [0.15, 0.2) is 0 Å². The Morgan fingerprint density at radius 3 is 2.67 bits per heavy atom. The van der Waals surface area contributed by atoms with Gasteiger partial charge in [-0.1, -0.05) is 0 Å². The molecule has 0 atom stereocenters. The molecule has 0 aliphatic rings. The summed E-state index contributed by atoms with van der Waals surface area (Å²) in [6, 6.07) is 3.72. The van der Waals surface area contributed by atoms with Gasteiger partial charge in [0.05, 0.1) is 6.42 Å². The van der Waals surface area contributed by atoms with Gasteiger partial charge < -0.3 is 9.50 Å². The predicted octanol–water partition coefficient (Wildman–Crippen LogP) is 1.76. The van der Waals surface area contributed by atoms with E-state index in [4.69, 9.17) is 4.18 Å². The van der Waals surface area contributed by atoms with Crippen molar-refractivity contribution in [3.63, 3.8) is 0 Å². The monoisotopic (exact) mass is 270 g/mol. The molecule has 1 aromatic heterocycles. The number of aromatic nitrogens is 1. The van der Waals surface area contributed by atoms with Gasteiger partial charge in [0.25, 0.3) is 0 Å². The van der Waals surface area contributed by atoms with Gasteiger partial charge in [0, 0.05) is 31.8 Å². The largest absolute Gasteiger partial charge is 0.356 e. The van der Waals surface area contributed by atoms with E-state index in [-0.39, 0.29) is 5.91 Å². The van der Waals surface area contributed by atoms with Crippen molar-refractivity contribution in [3.05, 3.63) is 30.1 Å². The summed E-state index contributed by atoms with van der Waals surface area (Å²) in [5.74, 6) is 1.07. The Kier molecular flexibility index (Phi) is 6.15. The van der Waals surface area contributed by atoms with Crippen LogP contribution in [0.4, 0.5) is 0 Å². The lowest BCUT2D eigenvalue weighted by atomic mass is 10.2. The van der Waals surface area contributed by atoms with Crippen LogP contribution >= 0.6 is 10.3 Å². The molecule has 0 aliphatic heterocycles. The Labute approximate surface area is 111 Å². The van der Waals surface area contributed by atoms with Crippen LogP contribution in [-0.4, -0.2) is 42.8 Å². The molecule has 0 radical (unpaired) electrons. The standard InChI is InChI=1S/C13H22N2O2S/c1-17-18(2,3)10-4-7-15-13(16)11-12-5-8-14-9-6-12/h5-6,8-9H,4,7,10-11H2,1-3H3,(H,15,16). The summed E-state index contributed by atoms with van der Waals surface area (Å²) >= 11 is 0. The normalized spacial score (nSPS) is 12.2. The van der Waals surface area contributed by atoms with Gasteiger partial charge in [0.2, 0.25) is 5.91 Å². The van der Waals surface area contributed by atoms with Gasteiger partial charge in [-0.25, -0.2) is 0 Å². The highest BCUT2D eigenvalue weighted by molar-refractivity contribution is 8.28. The fourth-order valence-electron chi connectivity index (χ4n) is 1.48. The molecule has 0 saturated heterocycles. The molecule has 0 bridgehead atoms. The summed E-state index contributed by atoms with van der Waals surface area (Å²) in [7, 11) is 0.811. The first-order chi connectivity index (χ1) is 8.53. The first-order valence-corrected chi connectivity index (χ1v) is 8.50. The third-order valence-corrected chi connectivity index (χ3v) is 4.87. The van der Waals surface area contributed by atoms with E-state index in [1.165, 1.54) is 0 Å². The van der Waals surface area contributed by atoms with E-state index in [9.17, 15) is 4.79 Å². The highest BCUT2D eigenvalue weighted by Crippen LogP contribution is 2.39. The summed E-state index contributed by atoms with van der Waals surface area (Å²) in [4.78, 5) is 15.6. The Bertz CT molecular complexity index is 369. The highest BCUT2D eigenvalue weighted by atomic mass is 32.3. The van der Waals surface area contributed by atoms with E-state index >= 15 is 0 Å². The molecule has 102 valence electrons. The molecule has 0 aromatic carbocycles. The topological polar surface area (TPSA) is 51.2 Å². The number of carbonyl (C=O) groups is 1. The van der Waals surface area contributed by atoms with Crippen LogP contribution in [0.15, 0.2) is 24.5 Å². The van der Waals surface area contributed by atoms with Crippen LogP contribution in [0.2, 0.25) is 0 Å². The van der Waals surface area contributed by atoms with Crippen LogP contribution in [0.5, 0.6) is 0 Å². The number of nitrogens with zero attached hydrogens (tertiary/aromatic N) is 1. The number of rotatable bonds is 7. The zero-order valence-corrected chi connectivity index (χ0v) is 12.1. The molecule has 0 aliphatic carbocycles. The fourth-order valence-corrected chi connectivity index (χ4v) is 2.49. The first-order valence-electron chi connectivity index (χ1n) is 5.96. The molecule has 0 fully saturated rings. The first kappa shape index (κ1) is 15.0. The molecule has 1 heterocycles. The van der Waals surface area contributed by atoms with Crippen LogP contribution in [0.1, 0.15) is 12.0 Å². The zero-order valence-electron chi connectivity index (χ0n) is 11.3. The van der Waals surface area contributed by atoms with E-state index in [2.05, 4.69) is 22.8 Å². The van der Waals surface area contributed by atoms with Gasteiger partial charge in [0.1, 0.15) is 0 Å². The molecular formula is C13H22N2O2S. The van der Waals surface area contributed by atoms with Gasteiger partial charge >= 0.3 is 0 Å². The van der Waals surface area contributed by atoms with Gasteiger partial charge in [-0.2, -0.15) is 0 Å². The molecule has 18 heavy (non-hydrogen) atoms. The minimum atomic E-state index is -0.936. The fraction of sp³-hybridized carbons (Fsp3) is 0.538. The molecule has 1 N–H and O–H groups in total. The van der Waals surface area contributed by atoms with E-state index in [1.54, 1.807) is 19.5 Å². The summed E-state index contributed by atoms with van der Waals surface area (Å²) in [6.45, 7) is 0.712. The quantitative estimate of drug-likeness (QED) is 0.768. The third-order valence-electron chi connectivity index (χ3n) is 2.70. The summed E-state index contributed by atoms with van der Waals surface area (Å²) in [6.07, 6.45) is 9.04. The second-order valence-corrected chi connectivity index (χ2v) is 8.16. The average molecular weight is 270 g/mol. The molecule has 1 aromatic rings. The number of hydrogen-bond donors (Lipinski definition) is 1. The van der Waals surface area contributed by atoms with E-state index in [0.717, 1.165) is 17.7 Å². The van der Waals surface area contributed by atoms with Crippen LogP contribution in [0.3, 0.4) is 0 Å². The Morgan fingerprint density at radius 2 is 2.06 bits per heavy atom. The predicted molar refractivity (Wildman–Crippen MR) is 76.9 cm³/mol. The molecule has 0 spiro atoms. The van der Waals surface area contributed by atoms with E-state index in [1.807, 2.05) is 12.1 Å². The van der Waals surface area contributed by atoms with E-state index < -0.39 is 10.3 Å². The molecule has 5 heteroatoms. The lowest BCUT2D eigenvalue weighted by molar-refractivity contribution is -0.120. The molecule has 0 unspecified atom stereocenters. The summed E-state index contributed by atoms with van der Waals surface area (Å²) in [5, 5.41) is 2.93. The van der Waals surface area contributed by atoms with Crippen molar-refractivity contribution in [2.75, 3.05) is 31.9 Å².